The number of hydrogen-bond donors (Lipinski definition) is 0. The Hall–Kier alpha value is -0.630. The first kappa shape index (κ1) is 11.8. The van der Waals surface area contributed by atoms with Crippen LogP contribution in [0.3, 0.4) is 0 Å². The highest BCUT2D eigenvalue weighted by molar-refractivity contribution is 14.1. The molecule has 1 heterocycles. The minimum atomic E-state index is 0.707. The molecule has 0 amide bonds. The predicted octanol–water partition coefficient (Wildman–Crippen LogP) is 2.70. The van der Waals surface area contributed by atoms with E-state index in [2.05, 4.69) is 48.6 Å². The van der Waals surface area contributed by atoms with Gasteiger partial charge in [0.15, 0.2) is 0 Å². The van der Waals surface area contributed by atoms with Crippen molar-refractivity contribution in [3.63, 3.8) is 0 Å². The Morgan fingerprint density at radius 3 is 2.88 bits per heavy atom. The largest absolute Gasteiger partial charge is 0.496 e. The first-order chi connectivity index (χ1) is 7.69. The average Bonchev–Trinajstić information content (AvgIpc) is 2.64. The van der Waals surface area contributed by atoms with E-state index in [1.54, 1.807) is 18.1 Å². The van der Waals surface area contributed by atoms with Crippen LogP contribution in [0.15, 0.2) is 29.0 Å². The Kier molecular flexibility index (Phi) is 3.80. The van der Waals surface area contributed by atoms with Gasteiger partial charge in [-0.25, -0.2) is 9.67 Å². The maximum atomic E-state index is 5.17. The normalized spacial score (nSPS) is 10.4. The number of nitrogens with zero attached hydrogens (tertiary/aromatic N) is 3. The molecule has 0 aliphatic heterocycles. The van der Waals surface area contributed by atoms with Crippen LogP contribution >= 0.6 is 38.5 Å². The van der Waals surface area contributed by atoms with Crippen LogP contribution in [-0.2, 0) is 6.54 Å². The molecule has 0 atom stereocenters. The number of hydrogen-bond acceptors (Lipinski definition) is 3. The van der Waals surface area contributed by atoms with Gasteiger partial charge in [-0.15, -0.1) is 5.10 Å². The molecule has 0 radical (unpaired) electrons. The maximum Gasteiger partial charge on any atom is 0.211 e. The molecule has 6 heteroatoms. The van der Waals surface area contributed by atoms with Crippen molar-refractivity contribution in [3.8, 4) is 5.75 Å². The molecule has 2 rings (SSSR count). The number of ether oxygens (including phenoxy) is 1. The van der Waals surface area contributed by atoms with E-state index in [1.165, 1.54) is 0 Å². The molecule has 0 fully saturated rings. The second kappa shape index (κ2) is 5.13. The Bertz CT molecular complexity index is 501. The summed E-state index contributed by atoms with van der Waals surface area (Å²) in [4.78, 5) is 4.07. The van der Waals surface area contributed by atoms with Crippen molar-refractivity contribution in [3.05, 3.63) is 38.4 Å². The van der Waals surface area contributed by atoms with Gasteiger partial charge in [-0.3, -0.25) is 0 Å². The SMILES string of the molecule is COc1ccc(Cn2cnc(I)n2)cc1Br. The van der Waals surface area contributed by atoms with Gasteiger partial charge in [0.1, 0.15) is 12.1 Å². The van der Waals surface area contributed by atoms with Gasteiger partial charge in [0.25, 0.3) is 0 Å². The molecule has 0 aliphatic rings. The van der Waals surface area contributed by atoms with Crippen molar-refractivity contribution in [2.75, 3.05) is 7.11 Å². The average molecular weight is 394 g/mol. The molecule has 1 aromatic heterocycles. The van der Waals surface area contributed by atoms with E-state index in [4.69, 9.17) is 4.74 Å². The zero-order valence-electron chi connectivity index (χ0n) is 8.52. The second-order valence-electron chi connectivity index (χ2n) is 3.18. The number of methoxy groups -OCH3 is 1. The van der Waals surface area contributed by atoms with Gasteiger partial charge in [-0.1, -0.05) is 6.07 Å². The van der Waals surface area contributed by atoms with Crippen LogP contribution in [0.5, 0.6) is 5.75 Å². The Labute approximate surface area is 115 Å². The van der Waals surface area contributed by atoms with Crippen molar-refractivity contribution < 1.29 is 4.74 Å². The van der Waals surface area contributed by atoms with Gasteiger partial charge in [-0.2, -0.15) is 0 Å². The van der Waals surface area contributed by atoms with Crippen LogP contribution in [0.1, 0.15) is 5.56 Å². The minimum Gasteiger partial charge on any atom is -0.496 e. The predicted molar refractivity (Wildman–Crippen MR) is 72.5 cm³/mol. The van der Waals surface area contributed by atoms with Crippen LogP contribution in [0, 0.1) is 3.83 Å². The monoisotopic (exact) mass is 393 g/mol. The third-order valence-corrected chi connectivity index (χ3v) is 3.18. The summed E-state index contributed by atoms with van der Waals surface area (Å²) in [5, 5.41) is 4.22. The molecule has 0 bridgehead atoms. The molecule has 16 heavy (non-hydrogen) atoms. The lowest BCUT2D eigenvalue weighted by Gasteiger charge is -2.06. The molecule has 0 spiro atoms. The lowest BCUT2D eigenvalue weighted by atomic mass is 10.2. The van der Waals surface area contributed by atoms with Gasteiger partial charge in [0, 0.05) is 22.6 Å². The van der Waals surface area contributed by atoms with Crippen LogP contribution in [0.25, 0.3) is 0 Å². The zero-order chi connectivity index (χ0) is 11.5. The molecule has 4 nitrogen and oxygen atoms in total. The van der Waals surface area contributed by atoms with Gasteiger partial charge in [0.2, 0.25) is 3.83 Å². The smallest absolute Gasteiger partial charge is 0.211 e. The summed E-state index contributed by atoms with van der Waals surface area (Å²) >= 11 is 5.54. The van der Waals surface area contributed by atoms with E-state index in [-0.39, 0.29) is 0 Å². The Morgan fingerprint density at radius 2 is 2.31 bits per heavy atom. The van der Waals surface area contributed by atoms with E-state index in [0.29, 0.717) is 6.54 Å². The number of halogens is 2. The highest BCUT2D eigenvalue weighted by Crippen LogP contribution is 2.25. The van der Waals surface area contributed by atoms with Crippen LogP contribution in [-0.4, -0.2) is 21.9 Å². The summed E-state index contributed by atoms with van der Waals surface area (Å²) in [5.74, 6) is 0.830. The van der Waals surface area contributed by atoms with Crippen molar-refractivity contribution in [1.29, 1.82) is 0 Å². The van der Waals surface area contributed by atoms with Crippen molar-refractivity contribution in [2.24, 2.45) is 0 Å². The number of rotatable bonds is 3. The maximum absolute atomic E-state index is 5.17. The fourth-order valence-corrected chi connectivity index (χ4v) is 2.33. The third kappa shape index (κ3) is 2.73. The van der Waals surface area contributed by atoms with Crippen LogP contribution < -0.4 is 4.74 Å². The quantitative estimate of drug-likeness (QED) is 0.752. The van der Waals surface area contributed by atoms with Crippen LogP contribution in [0.2, 0.25) is 0 Å². The van der Waals surface area contributed by atoms with E-state index in [0.717, 1.165) is 19.6 Å². The summed E-state index contributed by atoms with van der Waals surface area (Å²) < 4.78 is 8.67. The van der Waals surface area contributed by atoms with Crippen LogP contribution in [0.4, 0.5) is 0 Å². The molecular formula is C10H9BrIN3O. The number of aromatic nitrogens is 3. The van der Waals surface area contributed by atoms with Crippen molar-refractivity contribution >= 4 is 38.5 Å². The molecule has 0 saturated heterocycles. The topological polar surface area (TPSA) is 39.9 Å². The lowest BCUT2D eigenvalue weighted by molar-refractivity contribution is 0.412. The van der Waals surface area contributed by atoms with E-state index in [9.17, 15) is 0 Å². The molecule has 2 aromatic rings. The highest BCUT2D eigenvalue weighted by Gasteiger charge is 2.03. The first-order valence-electron chi connectivity index (χ1n) is 4.56. The van der Waals surface area contributed by atoms with Gasteiger partial charge >= 0.3 is 0 Å². The first-order valence-corrected chi connectivity index (χ1v) is 6.43. The van der Waals surface area contributed by atoms with E-state index in [1.807, 2.05) is 18.2 Å². The second-order valence-corrected chi connectivity index (χ2v) is 5.00. The number of benzene rings is 1. The van der Waals surface area contributed by atoms with Crippen molar-refractivity contribution in [1.82, 2.24) is 14.8 Å². The Morgan fingerprint density at radius 1 is 1.50 bits per heavy atom. The fourth-order valence-electron chi connectivity index (χ4n) is 1.34. The van der Waals surface area contributed by atoms with Gasteiger partial charge < -0.3 is 4.74 Å². The fraction of sp³-hybridized carbons (Fsp3) is 0.200. The standard InChI is InChI=1S/C10H9BrIN3O/c1-16-9-3-2-7(4-8(9)11)5-15-6-13-10(12)14-15/h2-4,6H,5H2,1H3. The molecule has 0 aliphatic carbocycles. The molecule has 84 valence electrons. The van der Waals surface area contributed by atoms with E-state index < -0.39 is 0 Å². The molecule has 1 aromatic carbocycles. The summed E-state index contributed by atoms with van der Waals surface area (Å²) in [6, 6.07) is 5.97. The lowest BCUT2D eigenvalue weighted by Crippen LogP contribution is -2.00. The minimum absolute atomic E-state index is 0.707. The molecule has 0 unspecified atom stereocenters. The molecule has 0 saturated carbocycles. The molecular weight excluding hydrogens is 385 g/mol. The summed E-state index contributed by atoms with van der Waals surface area (Å²) in [5.41, 5.74) is 1.15. The summed E-state index contributed by atoms with van der Waals surface area (Å²) in [6.45, 7) is 0.707. The third-order valence-electron chi connectivity index (χ3n) is 2.07. The zero-order valence-corrected chi connectivity index (χ0v) is 12.3. The van der Waals surface area contributed by atoms with E-state index >= 15 is 0 Å². The summed E-state index contributed by atoms with van der Waals surface area (Å²) in [7, 11) is 1.65. The molecule has 0 N–H and O–H groups in total. The highest BCUT2D eigenvalue weighted by atomic mass is 127. The van der Waals surface area contributed by atoms with Gasteiger partial charge in [0.05, 0.1) is 18.1 Å². The van der Waals surface area contributed by atoms with Gasteiger partial charge in [-0.05, 0) is 33.6 Å². The summed E-state index contributed by atoms with van der Waals surface area (Å²) in [6.07, 6.45) is 1.72. The van der Waals surface area contributed by atoms with Crippen molar-refractivity contribution in [2.45, 2.75) is 6.54 Å². The Balaban J connectivity index is 2.19.